The molecule has 0 saturated carbocycles. The van der Waals surface area contributed by atoms with E-state index in [2.05, 4.69) is 0 Å². The van der Waals surface area contributed by atoms with Crippen molar-refractivity contribution in [2.75, 3.05) is 13.2 Å². The number of aliphatic hydroxyl groups excluding tert-OH is 1. The molecule has 1 rings (SSSR count). The van der Waals surface area contributed by atoms with Gasteiger partial charge in [-0.3, -0.25) is 4.79 Å². The number of carbonyl (C=O) groups is 1. The van der Waals surface area contributed by atoms with Gasteiger partial charge in [0.05, 0.1) is 6.61 Å². The SMILES string of the molecule is CC1=C(OCCO)CCC1=O. The van der Waals surface area contributed by atoms with E-state index in [9.17, 15) is 4.79 Å². The third kappa shape index (κ3) is 1.80. The first-order chi connectivity index (χ1) is 5.25. The molecule has 0 saturated heterocycles. The van der Waals surface area contributed by atoms with Gasteiger partial charge in [-0.25, -0.2) is 0 Å². The molecule has 62 valence electrons. The predicted molar refractivity (Wildman–Crippen MR) is 40.0 cm³/mol. The maximum atomic E-state index is 10.9. The lowest BCUT2D eigenvalue weighted by Crippen LogP contribution is -1.99. The average Bonchev–Trinajstić information content (AvgIpc) is 2.31. The number of ketones is 1. The largest absolute Gasteiger partial charge is 0.495 e. The van der Waals surface area contributed by atoms with Crippen molar-refractivity contribution in [3.8, 4) is 0 Å². The molecule has 0 spiro atoms. The smallest absolute Gasteiger partial charge is 0.162 e. The van der Waals surface area contributed by atoms with E-state index < -0.39 is 0 Å². The molecular formula is C8H12O3. The number of carbonyl (C=O) groups excluding carboxylic acids is 1. The minimum Gasteiger partial charge on any atom is -0.495 e. The van der Waals surface area contributed by atoms with Gasteiger partial charge < -0.3 is 9.84 Å². The molecule has 0 amide bonds. The fraction of sp³-hybridized carbons (Fsp3) is 0.625. The Morgan fingerprint density at radius 2 is 2.27 bits per heavy atom. The molecule has 0 atom stereocenters. The number of allylic oxidation sites excluding steroid dienone is 2. The van der Waals surface area contributed by atoms with Crippen molar-refractivity contribution in [1.29, 1.82) is 0 Å². The quantitative estimate of drug-likeness (QED) is 0.652. The normalized spacial score (nSPS) is 17.8. The van der Waals surface area contributed by atoms with E-state index in [1.165, 1.54) is 0 Å². The van der Waals surface area contributed by atoms with Crippen LogP contribution >= 0.6 is 0 Å². The minimum atomic E-state index is 0.00493. The van der Waals surface area contributed by atoms with E-state index in [-0.39, 0.29) is 12.4 Å². The second kappa shape index (κ2) is 3.53. The van der Waals surface area contributed by atoms with Crippen LogP contribution in [0.3, 0.4) is 0 Å². The van der Waals surface area contributed by atoms with Gasteiger partial charge >= 0.3 is 0 Å². The Balaban J connectivity index is 2.50. The summed E-state index contributed by atoms with van der Waals surface area (Å²) in [5, 5.41) is 8.45. The number of hydrogen-bond donors (Lipinski definition) is 1. The fourth-order valence-corrected chi connectivity index (χ4v) is 1.11. The molecule has 0 unspecified atom stereocenters. The summed E-state index contributed by atoms with van der Waals surface area (Å²) in [5.74, 6) is 0.919. The number of hydrogen-bond acceptors (Lipinski definition) is 3. The summed E-state index contributed by atoms with van der Waals surface area (Å²) in [6, 6.07) is 0. The Bertz CT molecular complexity index is 194. The summed E-state index contributed by atoms with van der Waals surface area (Å²) in [5.41, 5.74) is 0.721. The zero-order chi connectivity index (χ0) is 8.27. The molecule has 1 aliphatic rings. The molecule has 0 heterocycles. The molecule has 1 N–H and O–H groups in total. The summed E-state index contributed by atoms with van der Waals surface area (Å²) in [4.78, 5) is 10.9. The van der Waals surface area contributed by atoms with Crippen LogP contribution in [0.25, 0.3) is 0 Å². The number of ether oxygens (including phenoxy) is 1. The highest BCUT2D eigenvalue weighted by atomic mass is 16.5. The summed E-state index contributed by atoms with van der Waals surface area (Å²) in [7, 11) is 0. The van der Waals surface area contributed by atoms with Crippen molar-refractivity contribution < 1.29 is 14.6 Å². The summed E-state index contributed by atoms with van der Waals surface area (Å²) in [6.45, 7) is 2.06. The summed E-state index contributed by atoms with van der Waals surface area (Å²) >= 11 is 0. The Morgan fingerprint density at radius 1 is 1.55 bits per heavy atom. The molecule has 1 aliphatic carbocycles. The molecule has 0 bridgehead atoms. The van der Waals surface area contributed by atoms with Crippen LogP contribution in [0, 0.1) is 0 Å². The highest BCUT2D eigenvalue weighted by molar-refractivity contribution is 5.97. The monoisotopic (exact) mass is 156 g/mol. The van der Waals surface area contributed by atoms with Crippen LogP contribution in [0.15, 0.2) is 11.3 Å². The van der Waals surface area contributed by atoms with E-state index in [4.69, 9.17) is 9.84 Å². The van der Waals surface area contributed by atoms with Gasteiger partial charge in [0.25, 0.3) is 0 Å². The molecule has 0 aromatic heterocycles. The van der Waals surface area contributed by atoms with Crippen LogP contribution in [0.2, 0.25) is 0 Å². The minimum absolute atomic E-state index is 0.00493. The van der Waals surface area contributed by atoms with Crippen molar-refractivity contribution in [1.82, 2.24) is 0 Å². The van der Waals surface area contributed by atoms with Crippen LogP contribution in [-0.4, -0.2) is 24.1 Å². The van der Waals surface area contributed by atoms with Crippen molar-refractivity contribution in [2.24, 2.45) is 0 Å². The first-order valence-corrected chi connectivity index (χ1v) is 3.72. The van der Waals surface area contributed by atoms with Gasteiger partial charge in [0, 0.05) is 18.4 Å². The predicted octanol–water partition coefficient (Wildman–Crippen LogP) is 0.632. The average molecular weight is 156 g/mol. The van der Waals surface area contributed by atoms with Crippen molar-refractivity contribution in [2.45, 2.75) is 19.8 Å². The fourth-order valence-electron chi connectivity index (χ4n) is 1.11. The number of rotatable bonds is 3. The van der Waals surface area contributed by atoms with Gasteiger partial charge in [-0.15, -0.1) is 0 Å². The third-order valence-electron chi connectivity index (χ3n) is 1.78. The Kier molecular flexibility index (Phi) is 2.65. The molecule has 11 heavy (non-hydrogen) atoms. The van der Waals surface area contributed by atoms with Gasteiger partial charge in [0.2, 0.25) is 0 Å². The zero-order valence-electron chi connectivity index (χ0n) is 6.59. The Labute approximate surface area is 65.7 Å². The second-order valence-electron chi connectivity index (χ2n) is 2.54. The van der Waals surface area contributed by atoms with Crippen LogP contribution < -0.4 is 0 Å². The molecule has 0 aromatic carbocycles. The first kappa shape index (κ1) is 8.27. The van der Waals surface area contributed by atoms with Gasteiger partial charge in [-0.05, 0) is 6.92 Å². The highest BCUT2D eigenvalue weighted by Crippen LogP contribution is 2.22. The van der Waals surface area contributed by atoms with E-state index >= 15 is 0 Å². The van der Waals surface area contributed by atoms with Gasteiger partial charge in [-0.2, -0.15) is 0 Å². The molecule has 3 heteroatoms. The lowest BCUT2D eigenvalue weighted by molar-refractivity contribution is -0.114. The first-order valence-electron chi connectivity index (χ1n) is 3.72. The number of Topliss-reactive ketones (excluding diaryl/α,β-unsaturated/α-hetero) is 1. The molecule has 0 aliphatic heterocycles. The number of aliphatic hydroxyl groups is 1. The van der Waals surface area contributed by atoms with E-state index in [0.29, 0.717) is 19.4 Å². The third-order valence-corrected chi connectivity index (χ3v) is 1.78. The Morgan fingerprint density at radius 3 is 2.73 bits per heavy atom. The lowest BCUT2D eigenvalue weighted by atomic mass is 10.2. The Hall–Kier alpha value is -0.830. The maximum absolute atomic E-state index is 10.9. The van der Waals surface area contributed by atoms with Crippen molar-refractivity contribution >= 4 is 5.78 Å². The second-order valence-corrected chi connectivity index (χ2v) is 2.54. The van der Waals surface area contributed by atoms with E-state index in [1.807, 2.05) is 0 Å². The van der Waals surface area contributed by atoms with E-state index in [0.717, 1.165) is 11.3 Å². The maximum Gasteiger partial charge on any atom is 0.162 e. The van der Waals surface area contributed by atoms with E-state index in [1.54, 1.807) is 6.92 Å². The summed E-state index contributed by atoms with van der Waals surface area (Å²) < 4.78 is 5.14. The summed E-state index contributed by atoms with van der Waals surface area (Å²) in [6.07, 6.45) is 1.26. The van der Waals surface area contributed by atoms with Gasteiger partial charge in [0.15, 0.2) is 5.78 Å². The molecule has 3 nitrogen and oxygen atoms in total. The standard InChI is InChI=1S/C8H12O3/c1-6-7(10)2-3-8(6)11-5-4-9/h9H,2-5H2,1H3. The zero-order valence-corrected chi connectivity index (χ0v) is 6.59. The topological polar surface area (TPSA) is 46.5 Å². The van der Waals surface area contributed by atoms with Gasteiger partial charge in [0.1, 0.15) is 12.4 Å². The van der Waals surface area contributed by atoms with Crippen LogP contribution in [-0.2, 0) is 9.53 Å². The molecule has 0 radical (unpaired) electrons. The molecular weight excluding hydrogens is 144 g/mol. The van der Waals surface area contributed by atoms with Crippen molar-refractivity contribution in [3.63, 3.8) is 0 Å². The molecule has 0 fully saturated rings. The highest BCUT2D eigenvalue weighted by Gasteiger charge is 2.19. The lowest BCUT2D eigenvalue weighted by Gasteiger charge is -2.04. The van der Waals surface area contributed by atoms with Crippen molar-refractivity contribution in [3.05, 3.63) is 11.3 Å². The van der Waals surface area contributed by atoms with Crippen LogP contribution in [0.5, 0.6) is 0 Å². The van der Waals surface area contributed by atoms with Crippen LogP contribution in [0.1, 0.15) is 19.8 Å². The van der Waals surface area contributed by atoms with Crippen LogP contribution in [0.4, 0.5) is 0 Å². The molecule has 0 aromatic rings. The van der Waals surface area contributed by atoms with Gasteiger partial charge in [-0.1, -0.05) is 0 Å².